The molecule has 2 rings (SSSR count). The van der Waals surface area contributed by atoms with Crippen molar-refractivity contribution in [1.29, 1.82) is 0 Å². The third-order valence-electron chi connectivity index (χ3n) is 1.77. The smallest absolute Gasteiger partial charge is 0.278 e. The van der Waals surface area contributed by atoms with Crippen molar-refractivity contribution in [3.8, 4) is 0 Å². The number of nitrogens with zero attached hydrogens (tertiary/aromatic N) is 2. The minimum Gasteiger partial charge on any atom is -0.339 e. The van der Waals surface area contributed by atoms with E-state index in [1.54, 1.807) is 0 Å². The average molecular weight is 209 g/mol. The van der Waals surface area contributed by atoms with E-state index < -0.39 is 0 Å². The Kier molecular flexibility index (Phi) is 2.64. The fourth-order valence-corrected chi connectivity index (χ4v) is 1.11. The van der Waals surface area contributed by atoms with Crippen molar-refractivity contribution in [3.63, 3.8) is 0 Å². The van der Waals surface area contributed by atoms with E-state index >= 15 is 0 Å². The second-order valence-electron chi connectivity index (χ2n) is 2.97. The molecule has 0 saturated carbocycles. The molecule has 0 radical (unpaired) electrons. The quantitative estimate of drug-likeness (QED) is 0.500. The number of nitrogens with one attached hydrogen (secondary N) is 3. The lowest BCUT2D eigenvalue weighted by atomic mass is 10.5. The summed E-state index contributed by atoms with van der Waals surface area (Å²) in [5.41, 5.74) is 2.99. The Bertz CT molecular complexity index is 503. The summed E-state index contributed by atoms with van der Waals surface area (Å²) in [5.74, 6) is 0.257. The third kappa shape index (κ3) is 1.96. The van der Waals surface area contributed by atoms with E-state index in [1.807, 2.05) is 6.92 Å². The van der Waals surface area contributed by atoms with E-state index in [-0.39, 0.29) is 11.5 Å². The maximum absolute atomic E-state index is 11.4. The summed E-state index contributed by atoms with van der Waals surface area (Å²) in [6, 6.07) is 0. The summed E-state index contributed by atoms with van der Waals surface area (Å²) < 4.78 is 0. The van der Waals surface area contributed by atoms with Gasteiger partial charge in [0.2, 0.25) is 5.95 Å². The number of aromatic nitrogens is 4. The van der Waals surface area contributed by atoms with Crippen LogP contribution in [-0.2, 0) is 4.84 Å². The van der Waals surface area contributed by atoms with Crippen LogP contribution in [0.2, 0.25) is 0 Å². The summed E-state index contributed by atoms with van der Waals surface area (Å²) in [7, 11) is 0. The highest BCUT2D eigenvalue weighted by atomic mass is 16.6. The van der Waals surface area contributed by atoms with E-state index in [0.29, 0.717) is 17.8 Å². The maximum atomic E-state index is 11.4. The van der Waals surface area contributed by atoms with Crippen LogP contribution in [0.1, 0.15) is 13.3 Å². The molecule has 2 aromatic rings. The maximum Gasteiger partial charge on any atom is 0.278 e. The van der Waals surface area contributed by atoms with Crippen LogP contribution in [0.25, 0.3) is 11.2 Å². The van der Waals surface area contributed by atoms with Gasteiger partial charge in [-0.1, -0.05) is 6.92 Å². The molecule has 2 aromatic heterocycles. The first-order chi connectivity index (χ1) is 7.31. The van der Waals surface area contributed by atoms with Gasteiger partial charge in [0.25, 0.3) is 5.56 Å². The molecule has 0 aliphatic carbocycles. The molecule has 15 heavy (non-hydrogen) atoms. The van der Waals surface area contributed by atoms with Crippen LogP contribution >= 0.6 is 0 Å². The van der Waals surface area contributed by atoms with Crippen molar-refractivity contribution in [2.24, 2.45) is 0 Å². The standard InChI is InChI=1S/C8H11N5O2/c1-2-3-15-13-8-11-6-5(7(14)12-8)9-4-10-6/h4H,2-3H2,1H3,(H3,9,10,11,12,13,14). The van der Waals surface area contributed by atoms with Crippen LogP contribution in [0.15, 0.2) is 11.1 Å². The van der Waals surface area contributed by atoms with Gasteiger partial charge in [-0.2, -0.15) is 4.98 Å². The fourth-order valence-electron chi connectivity index (χ4n) is 1.11. The van der Waals surface area contributed by atoms with Gasteiger partial charge in [0.1, 0.15) is 0 Å². The van der Waals surface area contributed by atoms with Crippen molar-refractivity contribution in [2.45, 2.75) is 13.3 Å². The Labute approximate surface area is 84.9 Å². The molecule has 0 unspecified atom stereocenters. The molecule has 2 heterocycles. The van der Waals surface area contributed by atoms with Gasteiger partial charge in [0, 0.05) is 0 Å². The largest absolute Gasteiger partial charge is 0.339 e. The highest BCUT2D eigenvalue weighted by Crippen LogP contribution is 2.02. The zero-order valence-corrected chi connectivity index (χ0v) is 8.20. The second kappa shape index (κ2) is 4.09. The van der Waals surface area contributed by atoms with Gasteiger partial charge in [-0.15, -0.1) is 0 Å². The van der Waals surface area contributed by atoms with Crippen molar-refractivity contribution in [1.82, 2.24) is 19.9 Å². The van der Waals surface area contributed by atoms with Gasteiger partial charge in [-0.05, 0) is 6.42 Å². The molecule has 3 N–H and O–H groups in total. The summed E-state index contributed by atoms with van der Waals surface area (Å²) >= 11 is 0. The summed E-state index contributed by atoms with van der Waals surface area (Å²) in [5, 5.41) is 0. The highest BCUT2D eigenvalue weighted by Gasteiger charge is 2.04. The Morgan fingerprint density at radius 3 is 3.27 bits per heavy atom. The lowest BCUT2D eigenvalue weighted by molar-refractivity contribution is 0.191. The van der Waals surface area contributed by atoms with Crippen LogP contribution in [0.3, 0.4) is 0 Å². The van der Waals surface area contributed by atoms with Crippen molar-refractivity contribution in [2.75, 3.05) is 12.1 Å². The second-order valence-corrected chi connectivity index (χ2v) is 2.97. The topological polar surface area (TPSA) is 95.7 Å². The minimum absolute atomic E-state index is 0.257. The van der Waals surface area contributed by atoms with E-state index in [4.69, 9.17) is 4.84 Å². The monoisotopic (exact) mass is 209 g/mol. The van der Waals surface area contributed by atoms with E-state index in [2.05, 4.69) is 25.4 Å². The lowest BCUT2D eigenvalue weighted by Crippen LogP contribution is -2.13. The molecule has 0 atom stereocenters. The van der Waals surface area contributed by atoms with Crippen LogP contribution in [0.4, 0.5) is 5.95 Å². The number of H-pyrrole nitrogens is 2. The van der Waals surface area contributed by atoms with Crippen molar-refractivity contribution >= 4 is 17.1 Å². The van der Waals surface area contributed by atoms with Gasteiger partial charge in [0.15, 0.2) is 11.2 Å². The van der Waals surface area contributed by atoms with Crippen LogP contribution in [0.5, 0.6) is 0 Å². The number of fused-ring (bicyclic) bond motifs is 1. The molecular weight excluding hydrogens is 198 g/mol. The first-order valence-electron chi connectivity index (χ1n) is 4.62. The Balaban J connectivity index is 2.25. The average Bonchev–Trinajstić information content (AvgIpc) is 2.66. The van der Waals surface area contributed by atoms with E-state index in [0.717, 1.165) is 6.42 Å². The van der Waals surface area contributed by atoms with Crippen LogP contribution in [-0.4, -0.2) is 26.5 Å². The number of imidazole rings is 1. The predicted octanol–water partition coefficient (Wildman–Crippen LogP) is 0.400. The Morgan fingerprint density at radius 2 is 2.47 bits per heavy atom. The molecule has 0 saturated heterocycles. The molecule has 7 nitrogen and oxygen atoms in total. The summed E-state index contributed by atoms with van der Waals surface area (Å²) in [4.78, 5) is 29.6. The first-order valence-corrected chi connectivity index (χ1v) is 4.62. The van der Waals surface area contributed by atoms with Gasteiger partial charge in [0.05, 0.1) is 12.9 Å². The first kappa shape index (κ1) is 9.66. The third-order valence-corrected chi connectivity index (χ3v) is 1.77. The van der Waals surface area contributed by atoms with Crippen molar-refractivity contribution in [3.05, 3.63) is 16.7 Å². The molecule has 0 fully saturated rings. The Hall–Kier alpha value is -1.89. The molecule has 0 aliphatic rings. The van der Waals surface area contributed by atoms with Gasteiger partial charge in [-0.3, -0.25) is 14.6 Å². The van der Waals surface area contributed by atoms with Crippen LogP contribution < -0.4 is 11.0 Å². The number of anilines is 1. The molecule has 0 aliphatic heterocycles. The van der Waals surface area contributed by atoms with Gasteiger partial charge >= 0.3 is 0 Å². The summed E-state index contributed by atoms with van der Waals surface area (Å²) in [6.45, 7) is 2.52. The zero-order chi connectivity index (χ0) is 10.7. The van der Waals surface area contributed by atoms with Gasteiger partial charge in [-0.25, -0.2) is 10.5 Å². The molecule has 0 spiro atoms. The van der Waals surface area contributed by atoms with E-state index in [9.17, 15) is 4.79 Å². The zero-order valence-electron chi connectivity index (χ0n) is 8.20. The molecule has 7 heteroatoms. The van der Waals surface area contributed by atoms with E-state index in [1.165, 1.54) is 6.33 Å². The SMILES string of the molecule is CCCONc1nc2nc[nH]c2c(=O)[nH]1. The minimum atomic E-state index is -0.278. The summed E-state index contributed by atoms with van der Waals surface area (Å²) in [6.07, 6.45) is 2.30. The normalized spacial score (nSPS) is 10.7. The van der Waals surface area contributed by atoms with Crippen LogP contribution in [0, 0.1) is 0 Å². The molecular formula is C8H11N5O2. The number of hydrogen-bond donors (Lipinski definition) is 3. The number of hydrogen-bond acceptors (Lipinski definition) is 5. The number of aromatic amines is 2. The van der Waals surface area contributed by atoms with Crippen molar-refractivity contribution < 1.29 is 4.84 Å². The molecule has 80 valence electrons. The predicted molar refractivity (Wildman–Crippen MR) is 54.4 cm³/mol. The van der Waals surface area contributed by atoms with Gasteiger partial charge < -0.3 is 4.98 Å². The highest BCUT2D eigenvalue weighted by molar-refractivity contribution is 5.69. The molecule has 0 amide bonds. The lowest BCUT2D eigenvalue weighted by Gasteiger charge is -2.03. The Morgan fingerprint density at radius 1 is 1.60 bits per heavy atom. The molecule has 0 aromatic carbocycles. The fraction of sp³-hybridized carbons (Fsp3) is 0.375. The molecule has 0 bridgehead atoms. The number of rotatable bonds is 4.